The molecular formula is C25H25NO6. The monoisotopic (exact) mass is 435 g/mol. The minimum Gasteiger partial charge on any atom is -0.504 e. The average molecular weight is 435 g/mol. The van der Waals surface area contributed by atoms with Crippen LogP contribution < -0.4 is 24.3 Å². The second-order valence-corrected chi connectivity index (χ2v) is 8.11. The number of benzene rings is 3. The molecule has 166 valence electrons. The Kier molecular flexibility index (Phi) is 4.89. The third-order valence-corrected chi connectivity index (χ3v) is 6.37. The van der Waals surface area contributed by atoms with Gasteiger partial charge in [-0.3, -0.25) is 0 Å². The van der Waals surface area contributed by atoms with Gasteiger partial charge >= 0.3 is 0 Å². The van der Waals surface area contributed by atoms with Gasteiger partial charge in [-0.1, -0.05) is 19.1 Å². The molecule has 3 atom stereocenters. The molecule has 2 aliphatic rings. The van der Waals surface area contributed by atoms with E-state index in [1.54, 1.807) is 19.2 Å². The summed E-state index contributed by atoms with van der Waals surface area (Å²) in [4.78, 5) is 0. The Morgan fingerprint density at radius 1 is 0.844 bits per heavy atom. The first-order chi connectivity index (χ1) is 15.5. The first kappa shape index (κ1) is 20.2. The molecule has 32 heavy (non-hydrogen) atoms. The molecule has 7 heteroatoms. The first-order valence-corrected chi connectivity index (χ1v) is 10.4. The highest BCUT2D eigenvalue weighted by Gasteiger charge is 2.37. The van der Waals surface area contributed by atoms with Crippen LogP contribution in [-0.2, 0) is 0 Å². The van der Waals surface area contributed by atoms with Gasteiger partial charge < -0.3 is 34.5 Å². The maximum Gasteiger partial charge on any atom is 0.231 e. The summed E-state index contributed by atoms with van der Waals surface area (Å²) in [7, 11) is 3.08. The van der Waals surface area contributed by atoms with Crippen LogP contribution in [0.1, 0.15) is 35.6 Å². The summed E-state index contributed by atoms with van der Waals surface area (Å²) < 4.78 is 22.0. The maximum absolute atomic E-state index is 10.1. The molecule has 3 aromatic rings. The minimum absolute atomic E-state index is 0.0138. The van der Waals surface area contributed by atoms with Crippen LogP contribution in [0.2, 0.25) is 0 Å². The standard InChI is InChI=1S/C25H25NO6/c1-13-24(14-4-6-18(27)20(8-14)29-2)16-10-22-23(32-12-31-22)11-17(16)26-25(13)15-5-7-19(28)21(9-15)30-3/h4-11,13,24-28H,12H2,1-3H3/t13-,24+,25-/m0/s1. The Morgan fingerprint density at radius 2 is 1.44 bits per heavy atom. The lowest BCUT2D eigenvalue weighted by Crippen LogP contribution is -2.30. The number of fused-ring (bicyclic) bond motifs is 2. The number of ether oxygens (including phenoxy) is 4. The zero-order valence-electron chi connectivity index (χ0n) is 18.1. The van der Waals surface area contributed by atoms with Crippen molar-refractivity contribution in [1.29, 1.82) is 0 Å². The van der Waals surface area contributed by atoms with Crippen LogP contribution in [0.4, 0.5) is 5.69 Å². The number of anilines is 1. The van der Waals surface area contributed by atoms with Gasteiger partial charge in [0, 0.05) is 17.7 Å². The normalized spacial score (nSPS) is 20.9. The molecule has 7 nitrogen and oxygen atoms in total. The Labute approximate surface area is 186 Å². The number of hydrogen-bond acceptors (Lipinski definition) is 7. The van der Waals surface area contributed by atoms with E-state index >= 15 is 0 Å². The van der Waals surface area contributed by atoms with Crippen molar-refractivity contribution in [1.82, 2.24) is 0 Å². The van der Waals surface area contributed by atoms with Gasteiger partial charge in [-0.25, -0.2) is 0 Å². The summed E-state index contributed by atoms with van der Waals surface area (Å²) in [6.45, 7) is 2.37. The van der Waals surface area contributed by atoms with Crippen LogP contribution in [-0.4, -0.2) is 31.2 Å². The molecule has 0 radical (unpaired) electrons. The number of phenolic OH excluding ortho intramolecular Hbond substituents is 2. The van der Waals surface area contributed by atoms with E-state index in [1.807, 2.05) is 36.4 Å². The number of phenols is 2. The zero-order valence-corrected chi connectivity index (χ0v) is 18.1. The van der Waals surface area contributed by atoms with Crippen molar-refractivity contribution in [2.75, 3.05) is 26.3 Å². The molecule has 0 aliphatic carbocycles. The summed E-state index contributed by atoms with van der Waals surface area (Å²) in [5.41, 5.74) is 4.04. The quantitative estimate of drug-likeness (QED) is 0.543. The maximum atomic E-state index is 10.1. The lowest BCUT2D eigenvalue weighted by molar-refractivity contribution is 0.174. The van der Waals surface area contributed by atoms with Crippen molar-refractivity contribution in [3.05, 3.63) is 65.2 Å². The van der Waals surface area contributed by atoms with Crippen LogP contribution in [0.15, 0.2) is 48.5 Å². The van der Waals surface area contributed by atoms with Crippen LogP contribution >= 0.6 is 0 Å². The van der Waals surface area contributed by atoms with Crippen molar-refractivity contribution in [3.63, 3.8) is 0 Å². The second-order valence-electron chi connectivity index (χ2n) is 8.11. The summed E-state index contributed by atoms with van der Waals surface area (Å²) in [6.07, 6.45) is 0. The largest absolute Gasteiger partial charge is 0.504 e. The molecule has 3 N–H and O–H groups in total. The van der Waals surface area contributed by atoms with E-state index in [-0.39, 0.29) is 36.2 Å². The molecule has 0 saturated heterocycles. The van der Waals surface area contributed by atoms with Gasteiger partial charge in [0.25, 0.3) is 0 Å². The molecule has 2 aliphatic heterocycles. The van der Waals surface area contributed by atoms with Crippen LogP contribution in [0, 0.1) is 5.92 Å². The molecule has 0 aromatic heterocycles. The van der Waals surface area contributed by atoms with E-state index in [0.717, 1.165) is 28.1 Å². The molecule has 0 spiro atoms. The minimum atomic E-state index is -0.0674. The lowest BCUT2D eigenvalue weighted by Gasteiger charge is -2.40. The van der Waals surface area contributed by atoms with Crippen molar-refractivity contribution >= 4 is 5.69 Å². The van der Waals surface area contributed by atoms with Crippen molar-refractivity contribution in [2.24, 2.45) is 5.92 Å². The van der Waals surface area contributed by atoms with E-state index in [4.69, 9.17) is 18.9 Å². The lowest BCUT2D eigenvalue weighted by atomic mass is 9.73. The van der Waals surface area contributed by atoms with Gasteiger partial charge in [0.05, 0.1) is 20.3 Å². The molecule has 0 amide bonds. The number of rotatable bonds is 4. The Morgan fingerprint density at radius 3 is 2.09 bits per heavy atom. The summed E-state index contributed by atoms with van der Waals surface area (Å²) >= 11 is 0. The molecule has 0 unspecified atom stereocenters. The SMILES string of the molecule is COc1cc([C@@H]2c3cc4c(cc3N[C@H](c3ccc(O)c(OC)c3)[C@H]2C)OCO4)ccc1O. The Hall–Kier alpha value is -3.74. The summed E-state index contributed by atoms with van der Waals surface area (Å²) in [5.74, 6) is 2.57. The molecule has 0 bridgehead atoms. The van der Waals surface area contributed by atoms with Gasteiger partial charge in [-0.15, -0.1) is 0 Å². The summed E-state index contributed by atoms with van der Waals surface area (Å²) in [6, 6.07) is 14.8. The van der Waals surface area contributed by atoms with Gasteiger partial charge in [-0.2, -0.15) is 0 Å². The third kappa shape index (κ3) is 3.21. The zero-order chi connectivity index (χ0) is 22.4. The fraction of sp³-hybridized carbons (Fsp3) is 0.280. The van der Waals surface area contributed by atoms with E-state index < -0.39 is 0 Å². The van der Waals surface area contributed by atoms with E-state index in [9.17, 15) is 10.2 Å². The number of aromatic hydroxyl groups is 2. The molecule has 0 fully saturated rings. The second kappa shape index (κ2) is 7.75. The highest BCUT2D eigenvalue weighted by molar-refractivity contribution is 5.67. The van der Waals surface area contributed by atoms with E-state index in [2.05, 4.69) is 12.2 Å². The Balaban J connectivity index is 1.66. The highest BCUT2D eigenvalue weighted by atomic mass is 16.7. The molecular weight excluding hydrogens is 410 g/mol. The number of hydrogen-bond donors (Lipinski definition) is 3. The van der Waals surface area contributed by atoms with E-state index in [1.165, 1.54) is 7.11 Å². The van der Waals surface area contributed by atoms with Crippen LogP contribution in [0.25, 0.3) is 0 Å². The number of methoxy groups -OCH3 is 2. The average Bonchev–Trinajstić information content (AvgIpc) is 3.26. The fourth-order valence-electron chi connectivity index (χ4n) is 4.76. The fourth-order valence-corrected chi connectivity index (χ4v) is 4.76. The van der Waals surface area contributed by atoms with Crippen LogP contribution in [0.5, 0.6) is 34.5 Å². The topological polar surface area (TPSA) is 89.4 Å². The van der Waals surface area contributed by atoms with Crippen molar-refractivity contribution < 1.29 is 29.2 Å². The van der Waals surface area contributed by atoms with E-state index in [0.29, 0.717) is 17.2 Å². The highest BCUT2D eigenvalue weighted by Crippen LogP contribution is 2.52. The van der Waals surface area contributed by atoms with Gasteiger partial charge in [0.2, 0.25) is 6.79 Å². The van der Waals surface area contributed by atoms with Crippen molar-refractivity contribution in [2.45, 2.75) is 18.9 Å². The van der Waals surface area contributed by atoms with Gasteiger partial charge in [0.1, 0.15) is 0 Å². The predicted molar refractivity (Wildman–Crippen MR) is 119 cm³/mol. The molecule has 0 saturated carbocycles. The van der Waals surface area contributed by atoms with Gasteiger partial charge in [-0.05, 0) is 52.9 Å². The first-order valence-electron chi connectivity index (χ1n) is 10.4. The Bertz CT molecular complexity index is 1180. The number of nitrogens with one attached hydrogen (secondary N) is 1. The smallest absolute Gasteiger partial charge is 0.231 e. The molecule has 3 aromatic carbocycles. The third-order valence-electron chi connectivity index (χ3n) is 6.37. The molecule has 5 rings (SSSR count). The van der Waals surface area contributed by atoms with Crippen LogP contribution in [0.3, 0.4) is 0 Å². The predicted octanol–water partition coefficient (Wildman–Crippen LogP) is 4.78. The van der Waals surface area contributed by atoms with Gasteiger partial charge in [0.15, 0.2) is 34.5 Å². The van der Waals surface area contributed by atoms with Crippen molar-refractivity contribution in [3.8, 4) is 34.5 Å². The summed E-state index contributed by atoms with van der Waals surface area (Å²) in [5, 5.41) is 23.8. The molecule has 2 heterocycles.